The van der Waals surface area contributed by atoms with Gasteiger partial charge in [0, 0.05) is 31.6 Å². The van der Waals surface area contributed by atoms with Crippen LogP contribution in [0, 0.1) is 52.3 Å². The van der Waals surface area contributed by atoms with Gasteiger partial charge in [0.05, 0.1) is 25.4 Å². The lowest BCUT2D eigenvalue weighted by Crippen LogP contribution is -2.91. The van der Waals surface area contributed by atoms with Crippen molar-refractivity contribution in [2.24, 2.45) is 52.3 Å². The van der Waals surface area contributed by atoms with Crippen LogP contribution in [0.2, 0.25) is 0 Å². The van der Waals surface area contributed by atoms with E-state index in [1.165, 1.54) is 0 Å². The molecule has 13 heteroatoms. The molecule has 0 radical (unpaired) electrons. The third-order valence-corrected chi connectivity index (χ3v) is 16.4. The van der Waals surface area contributed by atoms with Gasteiger partial charge in [0.25, 0.3) is 5.79 Å². The average Bonchev–Trinajstić information content (AvgIpc) is 3.54. The fourth-order valence-electron chi connectivity index (χ4n) is 13.7. The third-order valence-electron chi connectivity index (χ3n) is 16.4. The number of carbonyl (C=O) groups excluding carboxylic acids is 5. The van der Waals surface area contributed by atoms with Crippen LogP contribution in [0.25, 0.3) is 0 Å². The van der Waals surface area contributed by atoms with Gasteiger partial charge >= 0.3 is 0 Å². The Balaban J connectivity index is 1.16. The van der Waals surface area contributed by atoms with Gasteiger partial charge in [-0.3, -0.25) is 24.0 Å². The van der Waals surface area contributed by atoms with Crippen molar-refractivity contribution in [3.8, 4) is 0 Å². The number of rotatable bonds is 7. The molecule has 54 heavy (non-hydrogen) atoms. The molecule has 3 aliphatic heterocycles. The zero-order valence-corrected chi connectivity index (χ0v) is 33.0. The zero-order valence-electron chi connectivity index (χ0n) is 33.0. The number of ketones is 5. The molecule has 4 N–H and O–H groups in total. The Kier molecular flexibility index (Phi) is 9.51. The second-order valence-electron chi connectivity index (χ2n) is 19.0. The molecule has 7 aliphatic rings. The van der Waals surface area contributed by atoms with E-state index in [-0.39, 0.29) is 53.3 Å². The molecule has 0 aromatic heterocycles. The molecular formula is C41H60O13. The van der Waals surface area contributed by atoms with E-state index >= 15 is 0 Å². The zero-order chi connectivity index (χ0) is 39.8. The lowest BCUT2D eigenvalue weighted by molar-refractivity contribution is -0.409. The Bertz CT molecular complexity index is 1620. The minimum atomic E-state index is -3.64. The Labute approximate surface area is 317 Å². The monoisotopic (exact) mass is 760 g/mol. The maximum absolute atomic E-state index is 14.6. The highest BCUT2D eigenvalue weighted by Crippen LogP contribution is 2.71. The number of hydrogen-bond acceptors (Lipinski definition) is 13. The second kappa shape index (κ2) is 12.8. The van der Waals surface area contributed by atoms with Crippen molar-refractivity contribution in [2.75, 3.05) is 13.2 Å². The molecule has 7 rings (SSSR count). The first kappa shape index (κ1) is 40.2. The van der Waals surface area contributed by atoms with E-state index in [2.05, 4.69) is 27.7 Å². The van der Waals surface area contributed by atoms with E-state index in [1.807, 2.05) is 0 Å². The number of Topliss-reactive ketones (excluding diaryl/α,β-unsaturated/α-hetero) is 5. The highest BCUT2D eigenvalue weighted by Gasteiger charge is 2.85. The van der Waals surface area contributed by atoms with Crippen molar-refractivity contribution in [3.63, 3.8) is 0 Å². The lowest BCUT2D eigenvalue weighted by Gasteiger charge is -2.63. The van der Waals surface area contributed by atoms with Gasteiger partial charge in [0.2, 0.25) is 11.2 Å². The van der Waals surface area contributed by atoms with Crippen molar-refractivity contribution < 1.29 is 63.3 Å². The predicted octanol–water partition coefficient (Wildman–Crippen LogP) is 2.63. The number of aliphatic hydroxyl groups excluding tert-OH is 1. The van der Waals surface area contributed by atoms with Crippen LogP contribution in [-0.4, -0.2) is 109 Å². The number of aliphatic hydroxyl groups is 4. The van der Waals surface area contributed by atoms with Gasteiger partial charge < -0.3 is 39.4 Å². The van der Waals surface area contributed by atoms with Gasteiger partial charge in [-0.2, -0.15) is 0 Å². The van der Waals surface area contributed by atoms with Crippen molar-refractivity contribution in [2.45, 2.75) is 160 Å². The SMILES string of the molecule is CC(=O)[C@@]1(O[C@H]2CC[C@@]3(C)[C@@H](CC[C@H]4[C@@H]5C[C@@H]6O[C@]7(CC[C@@H](C)CO7)[C@@H](C)[C@@H]6[C@@]5(C)CC(=O)[C@@H]43)C2)O[C@H](CO)[C@@](O)(C(C)=O)[C@@](O)(C(C)=O)[C@]1(O)C(C)=O. The van der Waals surface area contributed by atoms with Crippen LogP contribution in [0.1, 0.15) is 113 Å². The molecule has 1 spiro atoms. The highest BCUT2D eigenvalue weighted by atomic mass is 16.7. The Morgan fingerprint density at radius 2 is 1.48 bits per heavy atom. The molecule has 0 aromatic rings. The summed E-state index contributed by atoms with van der Waals surface area (Å²) in [6, 6.07) is 0. The summed E-state index contributed by atoms with van der Waals surface area (Å²) >= 11 is 0. The van der Waals surface area contributed by atoms with Crippen molar-refractivity contribution in [1.82, 2.24) is 0 Å². The van der Waals surface area contributed by atoms with Crippen LogP contribution in [0.4, 0.5) is 0 Å². The number of fused-ring (bicyclic) bond motifs is 7. The maximum atomic E-state index is 14.6. The van der Waals surface area contributed by atoms with Crippen LogP contribution in [-0.2, 0) is 42.9 Å². The van der Waals surface area contributed by atoms with Crippen LogP contribution in [0.3, 0.4) is 0 Å². The third kappa shape index (κ3) is 4.82. The van der Waals surface area contributed by atoms with Crippen LogP contribution < -0.4 is 0 Å². The molecule has 17 atom stereocenters. The summed E-state index contributed by atoms with van der Waals surface area (Å²) in [5.74, 6) is -7.42. The van der Waals surface area contributed by atoms with E-state index < -0.39 is 75.7 Å². The smallest absolute Gasteiger partial charge is 0.270 e. The van der Waals surface area contributed by atoms with Gasteiger partial charge in [0.1, 0.15) is 11.9 Å². The number of hydrogen-bond donors (Lipinski definition) is 4. The summed E-state index contributed by atoms with van der Waals surface area (Å²) in [6.07, 6.45) is 3.02. The molecule has 0 unspecified atom stereocenters. The molecular weight excluding hydrogens is 700 g/mol. The highest BCUT2D eigenvalue weighted by molar-refractivity contribution is 6.09. The lowest BCUT2D eigenvalue weighted by atomic mass is 9.44. The van der Waals surface area contributed by atoms with E-state index in [4.69, 9.17) is 18.9 Å². The number of ether oxygens (including phenoxy) is 4. The summed E-state index contributed by atoms with van der Waals surface area (Å²) in [7, 11) is 0. The van der Waals surface area contributed by atoms with Crippen LogP contribution >= 0.6 is 0 Å². The first-order chi connectivity index (χ1) is 25.1. The van der Waals surface area contributed by atoms with Crippen molar-refractivity contribution in [1.29, 1.82) is 0 Å². The van der Waals surface area contributed by atoms with E-state index in [0.29, 0.717) is 37.7 Å². The van der Waals surface area contributed by atoms with E-state index in [9.17, 15) is 44.4 Å². The first-order valence-corrected chi connectivity index (χ1v) is 20.1. The molecule has 3 saturated heterocycles. The van der Waals surface area contributed by atoms with Gasteiger partial charge in [-0.25, -0.2) is 0 Å². The normalized spacial score (nSPS) is 54.0. The fourth-order valence-corrected chi connectivity index (χ4v) is 13.7. The van der Waals surface area contributed by atoms with Gasteiger partial charge in [-0.05, 0) is 106 Å². The van der Waals surface area contributed by atoms with Crippen LogP contribution in [0.15, 0.2) is 0 Å². The van der Waals surface area contributed by atoms with Crippen molar-refractivity contribution in [3.05, 3.63) is 0 Å². The van der Waals surface area contributed by atoms with Crippen molar-refractivity contribution >= 4 is 28.9 Å². The van der Waals surface area contributed by atoms with Gasteiger partial charge in [-0.15, -0.1) is 0 Å². The summed E-state index contributed by atoms with van der Waals surface area (Å²) in [6.45, 7) is 11.7. The molecule has 13 nitrogen and oxygen atoms in total. The second-order valence-corrected chi connectivity index (χ2v) is 19.0. The molecule has 0 bridgehead atoms. The quantitative estimate of drug-likeness (QED) is 0.276. The molecule has 0 aromatic carbocycles. The minimum absolute atomic E-state index is 0.0416. The maximum Gasteiger partial charge on any atom is 0.270 e. The fraction of sp³-hybridized carbons (Fsp3) is 0.878. The summed E-state index contributed by atoms with van der Waals surface area (Å²) in [5.41, 5.74) is -11.2. The Morgan fingerprint density at radius 3 is 2.04 bits per heavy atom. The van der Waals surface area contributed by atoms with Gasteiger partial charge in [0.15, 0.2) is 34.5 Å². The first-order valence-electron chi connectivity index (χ1n) is 20.1. The largest absolute Gasteiger partial charge is 0.394 e. The molecule has 4 aliphatic carbocycles. The average molecular weight is 761 g/mol. The minimum Gasteiger partial charge on any atom is -0.394 e. The van der Waals surface area contributed by atoms with Gasteiger partial charge in [-0.1, -0.05) is 27.7 Å². The molecule has 0 amide bonds. The molecule has 302 valence electrons. The molecule has 4 saturated carbocycles. The summed E-state index contributed by atoms with van der Waals surface area (Å²) in [4.78, 5) is 68.0. The molecule has 7 fully saturated rings. The Hall–Kier alpha value is -1.97. The Morgan fingerprint density at radius 1 is 0.815 bits per heavy atom. The topological polar surface area (TPSA) is 203 Å². The summed E-state index contributed by atoms with van der Waals surface area (Å²) < 4.78 is 25.5. The predicted molar refractivity (Wildman–Crippen MR) is 189 cm³/mol. The van der Waals surface area contributed by atoms with Crippen LogP contribution in [0.5, 0.6) is 0 Å². The number of carbonyl (C=O) groups is 5. The van der Waals surface area contributed by atoms with E-state index in [0.717, 1.165) is 59.8 Å². The summed E-state index contributed by atoms with van der Waals surface area (Å²) in [5, 5.41) is 46.2. The van der Waals surface area contributed by atoms with E-state index in [1.54, 1.807) is 0 Å². The molecule has 3 heterocycles. The standard InChI is InChI=1S/C41H60O13/c1-20-11-14-37(51-19-20)21(2)33-31(53-37)16-29-28-10-9-26-15-27(12-13-35(26,7)34(28)30(47)17-36(29,33)8)52-41(25(6)46)40(50,24(5)45)39(49,23(4)44)38(48,22(3)43)32(18-42)54-41/h20-21,26-29,31-34,42,48-50H,9-19H2,1-8H3/t20-,21+,26+,27+,28+,29+,31+,32-,33+,34-,35+,36+,37-,38+,39+,40-,41-/m1/s1.